The van der Waals surface area contributed by atoms with E-state index < -0.39 is 0 Å². The predicted octanol–water partition coefficient (Wildman–Crippen LogP) is 4.14. The van der Waals surface area contributed by atoms with Crippen molar-refractivity contribution in [2.45, 2.75) is 77.2 Å². The van der Waals surface area contributed by atoms with Crippen LogP contribution in [0.4, 0.5) is 0 Å². The molecule has 2 heteroatoms. The minimum absolute atomic E-state index is 0.471. The van der Waals surface area contributed by atoms with E-state index in [1.165, 1.54) is 77.3 Å². The monoisotopic (exact) mass is 279 g/mol. The van der Waals surface area contributed by atoms with E-state index in [4.69, 9.17) is 4.74 Å². The third kappa shape index (κ3) is 3.39. The highest BCUT2D eigenvalue weighted by Gasteiger charge is 2.51. The molecule has 1 aliphatic heterocycles. The predicted molar refractivity (Wildman–Crippen MR) is 83.9 cm³/mol. The van der Waals surface area contributed by atoms with Gasteiger partial charge in [-0.1, -0.05) is 39.0 Å². The molecule has 3 aliphatic rings. The topological polar surface area (TPSA) is 21.3 Å². The molecule has 3 fully saturated rings. The molecule has 0 radical (unpaired) electrons. The van der Waals surface area contributed by atoms with Gasteiger partial charge in [-0.15, -0.1) is 0 Å². The summed E-state index contributed by atoms with van der Waals surface area (Å²) in [5, 5.41) is 3.74. The summed E-state index contributed by atoms with van der Waals surface area (Å²) >= 11 is 0. The van der Waals surface area contributed by atoms with E-state index in [9.17, 15) is 0 Å². The largest absolute Gasteiger partial charge is 0.377 e. The Bertz CT molecular complexity index is 296. The third-order valence-corrected chi connectivity index (χ3v) is 5.87. The lowest BCUT2D eigenvalue weighted by Gasteiger charge is -2.39. The summed E-state index contributed by atoms with van der Waals surface area (Å²) in [4.78, 5) is 0. The van der Waals surface area contributed by atoms with Gasteiger partial charge in [0, 0.05) is 18.6 Å². The van der Waals surface area contributed by atoms with Crippen molar-refractivity contribution in [1.29, 1.82) is 0 Å². The Morgan fingerprint density at radius 1 is 1.10 bits per heavy atom. The number of hydrogen-bond acceptors (Lipinski definition) is 2. The first-order chi connectivity index (χ1) is 9.84. The number of ether oxygens (including phenoxy) is 1. The van der Waals surface area contributed by atoms with Crippen molar-refractivity contribution in [3.05, 3.63) is 0 Å². The summed E-state index contributed by atoms with van der Waals surface area (Å²) < 4.78 is 6.23. The second kappa shape index (κ2) is 6.79. The number of rotatable bonds is 7. The van der Waals surface area contributed by atoms with Crippen molar-refractivity contribution in [2.75, 3.05) is 19.7 Å². The van der Waals surface area contributed by atoms with Gasteiger partial charge in [-0.25, -0.2) is 0 Å². The zero-order valence-electron chi connectivity index (χ0n) is 13.3. The third-order valence-electron chi connectivity index (χ3n) is 5.87. The first kappa shape index (κ1) is 14.8. The second-order valence-electron chi connectivity index (χ2n) is 7.63. The van der Waals surface area contributed by atoms with Crippen LogP contribution in [0.3, 0.4) is 0 Å². The van der Waals surface area contributed by atoms with Crippen LogP contribution in [-0.4, -0.2) is 25.8 Å². The summed E-state index contributed by atoms with van der Waals surface area (Å²) in [5.74, 6) is 1.87. The average Bonchev–Trinajstić information content (AvgIpc) is 3.23. The van der Waals surface area contributed by atoms with Gasteiger partial charge in [0.25, 0.3) is 0 Å². The fourth-order valence-corrected chi connectivity index (χ4v) is 4.70. The minimum Gasteiger partial charge on any atom is -0.377 e. The molecule has 0 bridgehead atoms. The molecule has 116 valence electrons. The molecule has 2 atom stereocenters. The Hall–Kier alpha value is -0.0800. The van der Waals surface area contributed by atoms with Gasteiger partial charge in [0.2, 0.25) is 0 Å². The molecule has 0 aromatic heterocycles. The first-order valence-electron chi connectivity index (χ1n) is 9.16. The standard InChI is InChI=1S/C18H33NO/c1-2-11-19-14-18(13-15-6-4-3-5-7-15)10-12-20-17(18)16-8-9-16/h15-17,19H,2-14H2,1H3. The van der Waals surface area contributed by atoms with Crippen LogP contribution in [0.1, 0.15) is 71.1 Å². The molecule has 2 unspecified atom stereocenters. The number of nitrogens with one attached hydrogen (secondary N) is 1. The smallest absolute Gasteiger partial charge is 0.0672 e. The summed E-state index contributed by atoms with van der Waals surface area (Å²) in [6.45, 7) is 5.66. The van der Waals surface area contributed by atoms with Crippen LogP contribution in [0, 0.1) is 17.3 Å². The van der Waals surface area contributed by atoms with Crippen LogP contribution in [0.15, 0.2) is 0 Å². The minimum atomic E-state index is 0.471. The van der Waals surface area contributed by atoms with E-state index >= 15 is 0 Å². The summed E-state index contributed by atoms with van der Waals surface area (Å²) in [6, 6.07) is 0. The maximum Gasteiger partial charge on any atom is 0.0672 e. The van der Waals surface area contributed by atoms with Crippen LogP contribution in [0.25, 0.3) is 0 Å². The maximum atomic E-state index is 6.23. The molecule has 1 N–H and O–H groups in total. The molecule has 1 saturated heterocycles. The molecular weight excluding hydrogens is 246 g/mol. The van der Waals surface area contributed by atoms with Crippen molar-refractivity contribution in [2.24, 2.45) is 17.3 Å². The van der Waals surface area contributed by atoms with E-state index in [0.29, 0.717) is 11.5 Å². The molecule has 0 amide bonds. The van der Waals surface area contributed by atoms with E-state index in [0.717, 1.165) is 18.4 Å². The van der Waals surface area contributed by atoms with Crippen LogP contribution in [0.2, 0.25) is 0 Å². The fourth-order valence-electron chi connectivity index (χ4n) is 4.70. The molecule has 1 heterocycles. The van der Waals surface area contributed by atoms with Gasteiger partial charge in [0.05, 0.1) is 6.10 Å². The lowest BCUT2D eigenvalue weighted by atomic mass is 9.69. The zero-order valence-corrected chi connectivity index (χ0v) is 13.3. The summed E-state index contributed by atoms with van der Waals surface area (Å²) in [6.07, 6.45) is 14.8. The van der Waals surface area contributed by atoms with Crippen molar-refractivity contribution < 1.29 is 4.74 Å². The lowest BCUT2D eigenvalue weighted by molar-refractivity contribution is 0.0155. The SMILES string of the molecule is CCCNCC1(CC2CCCCC2)CCOC1C1CC1. The summed E-state index contributed by atoms with van der Waals surface area (Å²) in [7, 11) is 0. The molecule has 2 aliphatic carbocycles. The Labute approximate surface area is 125 Å². The van der Waals surface area contributed by atoms with Crippen molar-refractivity contribution in [1.82, 2.24) is 5.32 Å². The van der Waals surface area contributed by atoms with Gasteiger partial charge in [0.15, 0.2) is 0 Å². The van der Waals surface area contributed by atoms with Crippen LogP contribution < -0.4 is 5.32 Å². The lowest BCUT2D eigenvalue weighted by Crippen LogP contribution is -2.43. The number of hydrogen-bond donors (Lipinski definition) is 1. The van der Waals surface area contributed by atoms with Crippen LogP contribution in [-0.2, 0) is 4.74 Å². The molecule has 3 rings (SSSR count). The quantitative estimate of drug-likeness (QED) is 0.707. The second-order valence-corrected chi connectivity index (χ2v) is 7.63. The molecular formula is C18H33NO. The Kier molecular flexibility index (Phi) is 5.04. The Morgan fingerprint density at radius 3 is 2.60 bits per heavy atom. The average molecular weight is 279 g/mol. The molecule has 20 heavy (non-hydrogen) atoms. The molecule has 0 aromatic carbocycles. The van der Waals surface area contributed by atoms with Crippen LogP contribution >= 0.6 is 0 Å². The highest BCUT2D eigenvalue weighted by Crippen LogP contribution is 2.51. The van der Waals surface area contributed by atoms with E-state index in [1.54, 1.807) is 0 Å². The molecule has 0 spiro atoms. The van der Waals surface area contributed by atoms with E-state index in [-0.39, 0.29) is 0 Å². The van der Waals surface area contributed by atoms with Gasteiger partial charge < -0.3 is 10.1 Å². The van der Waals surface area contributed by atoms with E-state index in [1.807, 2.05) is 0 Å². The van der Waals surface area contributed by atoms with E-state index in [2.05, 4.69) is 12.2 Å². The van der Waals surface area contributed by atoms with Crippen molar-refractivity contribution in [3.63, 3.8) is 0 Å². The van der Waals surface area contributed by atoms with Crippen LogP contribution in [0.5, 0.6) is 0 Å². The molecule has 2 saturated carbocycles. The van der Waals surface area contributed by atoms with Gasteiger partial charge in [-0.2, -0.15) is 0 Å². The Balaban J connectivity index is 1.64. The van der Waals surface area contributed by atoms with Gasteiger partial charge in [-0.3, -0.25) is 0 Å². The first-order valence-corrected chi connectivity index (χ1v) is 9.16. The highest BCUT2D eigenvalue weighted by molar-refractivity contribution is 5.01. The fraction of sp³-hybridized carbons (Fsp3) is 1.00. The normalized spacial score (nSPS) is 35.5. The summed E-state index contributed by atoms with van der Waals surface area (Å²) in [5.41, 5.74) is 0.471. The van der Waals surface area contributed by atoms with Gasteiger partial charge in [-0.05, 0) is 50.5 Å². The highest BCUT2D eigenvalue weighted by atomic mass is 16.5. The van der Waals surface area contributed by atoms with Crippen molar-refractivity contribution in [3.8, 4) is 0 Å². The van der Waals surface area contributed by atoms with Gasteiger partial charge >= 0.3 is 0 Å². The molecule has 0 aromatic rings. The van der Waals surface area contributed by atoms with Gasteiger partial charge in [0.1, 0.15) is 0 Å². The van der Waals surface area contributed by atoms with Crippen molar-refractivity contribution >= 4 is 0 Å². The molecule has 2 nitrogen and oxygen atoms in total. The Morgan fingerprint density at radius 2 is 1.90 bits per heavy atom. The zero-order chi connectivity index (χ0) is 13.8. The maximum absolute atomic E-state index is 6.23.